The second kappa shape index (κ2) is 11.6. The van der Waals surface area contributed by atoms with Crippen molar-refractivity contribution in [1.29, 1.82) is 0 Å². The zero-order valence-electron chi connectivity index (χ0n) is 17.6. The summed E-state index contributed by atoms with van der Waals surface area (Å²) in [6.07, 6.45) is 3.63. The smallest absolute Gasteiger partial charge is 0.268 e. The summed E-state index contributed by atoms with van der Waals surface area (Å²) in [5.74, 6) is 0.514. The lowest BCUT2D eigenvalue weighted by atomic mass is 10.00. The molecule has 2 aliphatic heterocycles. The lowest BCUT2D eigenvalue weighted by Gasteiger charge is -2.36. The maximum Gasteiger partial charge on any atom is 0.268 e. The van der Waals surface area contributed by atoms with E-state index in [-0.39, 0.29) is 48.2 Å². The zero-order valence-corrected chi connectivity index (χ0v) is 20.1. The van der Waals surface area contributed by atoms with E-state index in [4.69, 9.17) is 10.5 Å². The van der Waals surface area contributed by atoms with Crippen molar-refractivity contribution in [3.8, 4) is 0 Å². The van der Waals surface area contributed by atoms with E-state index in [1.54, 1.807) is 11.9 Å². The van der Waals surface area contributed by atoms with E-state index in [0.717, 1.165) is 52.0 Å². The zero-order chi connectivity index (χ0) is 20.4. The first-order valence-electron chi connectivity index (χ1n) is 10.3. The number of ether oxygens (including phenoxy) is 1. The minimum absolute atomic E-state index is 0. The molecule has 0 unspecified atom stereocenters. The summed E-state index contributed by atoms with van der Waals surface area (Å²) in [4.78, 5) is 36.8. The molecule has 2 aliphatic rings. The highest BCUT2D eigenvalue weighted by Gasteiger charge is 2.33. The van der Waals surface area contributed by atoms with Gasteiger partial charge in [-0.3, -0.25) is 14.5 Å². The van der Waals surface area contributed by atoms with Gasteiger partial charge in [-0.2, -0.15) is 0 Å². The van der Waals surface area contributed by atoms with E-state index >= 15 is 0 Å². The van der Waals surface area contributed by atoms with Gasteiger partial charge in [-0.25, -0.2) is 4.98 Å². The quantitative estimate of drug-likeness (QED) is 0.677. The summed E-state index contributed by atoms with van der Waals surface area (Å²) in [5.41, 5.74) is 6.84. The Kier molecular flexibility index (Phi) is 9.72. The molecule has 0 aliphatic carbocycles. The molecule has 2 fully saturated rings. The number of H-pyrrole nitrogens is 1. The predicted octanol–water partition coefficient (Wildman–Crippen LogP) is 2.00. The van der Waals surface area contributed by atoms with Crippen molar-refractivity contribution < 1.29 is 9.53 Å². The summed E-state index contributed by atoms with van der Waals surface area (Å²) in [6, 6.07) is 2.37. The second-order valence-electron chi connectivity index (χ2n) is 8.17. The lowest BCUT2D eigenvalue weighted by molar-refractivity contribution is -0.135. The number of aromatic amines is 1. The first-order chi connectivity index (χ1) is 14.0. The Bertz CT molecular complexity index is 918. The van der Waals surface area contributed by atoms with E-state index in [1.165, 1.54) is 11.3 Å². The van der Waals surface area contributed by atoms with Crippen molar-refractivity contribution >= 4 is 52.3 Å². The van der Waals surface area contributed by atoms with Crippen LogP contribution in [0.5, 0.6) is 0 Å². The third kappa shape index (κ3) is 6.18. The van der Waals surface area contributed by atoms with Gasteiger partial charge in [0.15, 0.2) is 0 Å². The number of nitrogens with zero attached hydrogens (tertiary/aromatic N) is 3. The van der Waals surface area contributed by atoms with Crippen LogP contribution in [0.25, 0.3) is 10.2 Å². The Morgan fingerprint density at radius 2 is 2.03 bits per heavy atom. The van der Waals surface area contributed by atoms with Crippen LogP contribution in [0, 0.1) is 5.92 Å². The summed E-state index contributed by atoms with van der Waals surface area (Å²) in [6.45, 7) is 3.41. The van der Waals surface area contributed by atoms with Gasteiger partial charge < -0.3 is 20.4 Å². The molecule has 174 valence electrons. The first-order valence-corrected chi connectivity index (χ1v) is 11.2. The van der Waals surface area contributed by atoms with E-state index in [9.17, 15) is 9.59 Å². The van der Waals surface area contributed by atoms with Crippen LogP contribution in [0.2, 0.25) is 0 Å². The fraction of sp³-hybridized carbons (Fsp3) is 0.650. The highest BCUT2D eigenvalue weighted by atomic mass is 35.5. The van der Waals surface area contributed by atoms with Crippen molar-refractivity contribution in [1.82, 2.24) is 19.8 Å². The molecule has 0 radical (unpaired) electrons. The van der Waals surface area contributed by atoms with Crippen molar-refractivity contribution in [2.75, 3.05) is 33.4 Å². The molecule has 0 aromatic carbocycles. The van der Waals surface area contributed by atoms with E-state index in [0.29, 0.717) is 28.6 Å². The molecule has 0 bridgehead atoms. The molecule has 31 heavy (non-hydrogen) atoms. The number of rotatable bonds is 4. The number of nitrogens with two attached hydrogens (primary N) is 1. The Labute approximate surface area is 198 Å². The van der Waals surface area contributed by atoms with E-state index < -0.39 is 0 Å². The molecule has 0 spiro atoms. The second-order valence-corrected chi connectivity index (χ2v) is 9.09. The molecular weight excluding hydrogens is 461 g/mol. The molecule has 4 rings (SSSR count). The molecule has 2 atom stereocenters. The number of hydrogen-bond acceptors (Lipinski definition) is 7. The maximum atomic E-state index is 13.2. The number of amides is 1. The van der Waals surface area contributed by atoms with Crippen LogP contribution in [0.3, 0.4) is 0 Å². The van der Waals surface area contributed by atoms with E-state index in [2.05, 4.69) is 14.9 Å². The molecule has 4 heterocycles. The summed E-state index contributed by atoms with van der Waals surface area (Å²) >= 11 is 1.37. The average Bonchev–Trinajstić information content (AvgIpc) is 3.10. The molecule has 11 heteroatoms. The molecule has 2 aromatic rings. The number of carbonyl (C=O) groups excluding carboxylic acids is 1. The normalized spacial score (nSPS) is 22.9. The number of carbonyl (C=O) groups is 1. The SMILES string of the molecule is CN(Cc1nc2ccsc2c(=O)[nH]1)C(=O)[C@@H]1CC[C@H](N)CN(C2CCOCC2)C1.Cl.Cl. The standard InChI is InChI=1S/C20H29N5O3S.2ClH/c1-24(12-17-22-16-6-9-29-18(16)19(26)23-17)20(27)13-2-3-14(21)11-25(10-13)15-4-7-28-8-5-15;;/h6,9,13-15H,2-5,7-8,10-12,21H2,1H3,(H,22,23,26);2*1H/t13-,14+;;/m1../s1. The van der Waals surface area contributed by atoms with Gasteiger partial charge in [0.2, 0.25) is 5.91 Å². The number of nitrogens with one attached hydrogen (secondary N) is 1. The molecular formula is C20H31Cl2N5O3S. The van der Waals surface area contributed by atoms with Gasteiger partial charge in [0.1, 0.15) is 10.5 Å². The minimum Gasteiger partial charge on any atom is -0.381 e. The highest BCUT2D eigenvalue weighted by molar-refractivity contribution is 7.17. The third-order valence-corrected chi connectivity index (χ3v) is 6.90. The van der Waals surface area contributed by atoms with Gasteiger partial charge >= 0.3 is 0 Å². The van der Waals surface area contributed by atoms with Crippen LogP contribution < -0.4 is 11.3 Å². The van der Waals surface area contributed by atoms with Gasteiger partial charge in [-0.05, 0) is 37.1 Å². The number of fused-ring (bicyclic) bond motifs is 1. The average molecular weight is 492 g/mol. The van der Waals surface area contributed by atoms with Crippen molar-refractivity contribution in [2.45, 2.75) is 44.3 Å². The number of aromatic nitrogens is 2. The van der Waals surface area contributed by atoms with E-state index in [1.807, 2.05) is 11.4 Å². The van der Waals surface area contributed by atoms with Gasteiger partial charge in [0.25, 0.3) is 5.56 Å². The molecule has 1 amide bonds. The predicted molar refractivity (Wildman–Crippen MR) is 127 cm³/mol. The Morgan fingerprint density at radius 1 is 1.29 bits per heavy atom. The Balaban J connectivity index is 0.00000171. The van der Waals surface area contributed by atoms with Crippen LogP contribution in [0.1, 0.15) is 31.5 Å². The molecule has 0 saturated carbocycles. The molecule has 2 aromatic heterocycles. The van der Waals surface area contributed by atoms with Crippen molar-refractivity contribution in [3.63, 3.8) is 0 Å². The first kappa shape index (κ1) is 26.0. The van der Waals surface area contributed by atoms with Crippen LogP contribution >= 0.6 is 36.2 Å². The molecule has 2 saturated heterocycles. The van der Waals surface area contributed by atoms with Gasteiger partial charge in [-0.1, -0.05) is 0 Å². The van der Waals surface area contributed by atoms with Crippen LogP contribution in [-0.2, 0) is 16.1 Å². The lowest BCUT2D eigenvalue weighted by Crippen LogP contribution is -2.47. The number of hydrogen-bond donors (Lipinski definition) is 2. The van der Waals surface area contributed by atoms with Crippen LogP contribution in [0.4, 0.5) is 0 Å². The molecule has 3 N–H and O–H groups in total. The fourth-order valence-electron chi connectivity index (χ4n) is 4.42. The Hall–Kier alpha value is -1.23. The maximum absolute atomic E-state index is 13.2. The van der Waals surface area contributed by atoms with Crippen molar-refractivity contribution in [3.05, 3.63) is 27.6 Å². The largest absolute Gasteiger partial charge is 0.381 e. The number of thiophene rings is 1. The number of likely N-dealkylation sites (tertiary alicyclic amines) is 1. The topological polar surface area (TPSA) is 105 Å². The Morgan fingerprint density at radius 3 is 2.77 bits per heavy atom. The number of halogens is 2. The van der Waals surface area contributed by atoms with Gasteiger partial charge in [0, 0.05) is 45.4 Å². The van der Waals surface area contributed by atoms with Crippen molar-refractivity contribution in [2.24, 2.45) is 11.7 Å². The fourth-order valence-corrected chi connectivity index (χ4v) is 5.14. The third-order valence-electron chi connectivity index (χ3n) is 5.99. The van der Waals surface area contributed by atoms with Crippen LogP contribution in [-0.4, -0.2) is 71.1 Å². The van der Waals surface area contributed by atoms with Crippen LogP contribution in [0.15, 0.2) is 16.2 Å². The van der Waals surface area contributed by atoms with Gasteiger partial charge in [-0.15, -0.1) is 36.2 Å². The highest BCUT2D eigenvalue weighted by Crippen LogP contribution is 2.24. The molecule has 8 nitrogen and oxygen atoms in total. The summed E-state index contributed by atoms with van der Waals surface area (Å²) < 4.78 is 6.11. The van der Waals surface area contributed by atoms with Gasteiger partial charge in [0.05, 0.1) is 18.0 Å². The summed E-state index contributed by atoms with van der Waals surface area (Å²) in [5, 5.41) is 1.85. The summed E-state index contributed by atoms with van der Waals surface area (Å²) in [7, 11) is 1.78. The minimum atomic E-state index is -0.146. The monoisotopic (exact) mass is 491 g/mol.